The largest absolute Gasteiger partial charge is 0.393 e. The number of fused-ring (bicyclic) bond motifs is 5. The molecule has 0 aromatic carbocycles. The van der Waals surface area contributed by atoms with Crippen molar-refractivity contribution in [2.45, 2.75) is 98.6 Å². The van der Waals surface area contributed by atoms with Crippen LogP contribution in [0.4, 0.5) is 13.2 Å². The van der Waals surface area contributed by atoms with Crippen LogP contribution >= 0.6 is 0 Å². The lowest BCUT2D eigenvalue weighted by Gasteiger charge is -2.59. The highest BCUT2D eigenvalue weighted by Crippen LogP contribution is 2.68. The van der Waals surface area contributed by atoms with E-state index >= 15 is 0 Å². The van der Waals surface area contributed by atoms with E-state index in [1.165, 1.54) is 25.7 Å². The molecule has 4 rings (SSSR count). The summed E-state index contributed by atoms with van der Waals surface area (Å²) in [6.07, 6.45) is 6.06. The zero-order chi connectivity index (χ0) is 23.5. The smallest absolute Gasteiger partial charge is 0.330 e. The third-order valence-electron chi connectivity index (χ3n) is 10.4. The van der Waals surface area contributed by atoms with Gasteiger partial charge in [0.1, 0.15) is 0 Å². The quantitative estimate of drug-likeness (QED) is 0.459. The van der Waals surface area contributed by atoms with Crippen LogP contribution in [0, 0.1) is 52.3 Å². The summed E-state index contributed by atoms with van der Waals surface area (Å²) in [6, 6.07) is 0. The number of halogens is 3. The Morgan fingerprint density at radius 2 is 1.81 bits per heavy atom. The molecular weight excluding hydrogens is 411 g/mol. The van der Waals surface area contributed by atoms with E-state index in [0.717, 1.165) is 31.6 Å². The predicted molar refractivity (Wildman–Crippen MR) is 121 cm³/mol. The van der Waals surface area contributed by atoms with Crippen LogP contribution in [-0.4, -0.2) is 12.1 Å². The van der Waals surface area contributed by atoms with E-state index in [0.29, 0.717) is 29.4 Å². The summed E-state index contributed by atoms with van der Waals surface area (Å²) in [5, 5.41) is 2.84. The predicted octanol–water partition coefficient (Wildman–Crippen LogP) is 7.50. The first-order valence-electron chi connectivity index (χ1n) is 13.0. The van der Waals surface area contributed by atoms with E-state index in [9.17, 15) is 18.0 Å². The average molecular weight is 454 g/mol. The van der Waals surface area contributed by atoms with Crippen molar-refractivity contribution in [1.29, 1.82) is 0 Å². The minimum Gasteiger partial charge on any atom is -0.330 e. The molecule has 8 atom stereocenters. The third-order valence-corrected chi connectivity index (χ3v) is 10.4. The highest BCUT2D eigenvalue weighted by molar-refractivity contribution is 5.80. The summed E-state index contributed by atoms with van der Waals surface area (Å²) >= 11 is 0. The molecule has 32 heavy (non-hydrogen) atoms. The first-order valence-corrected chi connectivity index (χ1v) is 13.0. The second-order valence-electron chi connectivity index (χ2n) is 12.4. The molecule has 3 fully saturated rings. The minimum absolute atomic E-state index is 0.00259. The Labute approximate surface area is 192 Å². The summed E-state index contributed by atoms with van der Waals surface area (Å²) in [7, 11) is 0. The molecule has 5 heteroatoms. The number of hydrogen-bond donors (Lipinski definition) is 1. The van der Waals surface area contributed by atoms with Gasteiger partial charge in [0.2, 0.25) is 5.91 Å². The van der Waals surface area contributed by atoms with E-state index in [1.807, 2.05) is 6.08 Å². The Balaban J connectivity index is 1.58. The van der Waals surface area contributed by atoms with Gasteiger partial charge in [-0.2, -0.15) is 13.2 Å². The number of rotatable bonds is 5. The zero-order valence-corrected chi connectivity index (χ0v) is 20.5. The second kappa shape index (κ2) is 8.34. The van der Waals surface area contributed by atoms with Gasteiger partial charge in [-0.25, -0.2) is 0 Å². The molecule has 2 saturated carbocycles. The maximum atomic E-state index is 14.2. The number of carbonyl (C=O) groups excluding carboxylic acids is 1. The van der Waals surface area contributed by atoms with E-state index < -0.39 is 29.8 Å². The molecule has 0 radical (unpaired) electrons. The topological polar surface area (TPSA) is 29.1 Å². The standard InChI is InChI=1S/C27H42F3NO/c1-16(2)7-6-8-17(3)19-10-11-20-18-9-12-23-26(5,21(18)13-14-25(19,20)4)22(27(28,29)30)15-24(32)31-23/h12,16-22H,6-11,13-15H2,1-5H3,(H,31,32)/t17-,18+,19-,20+,21+,22?,25-,26+/m1/s1. The molecule has 1 unspecified atom stereocenters. The van der Waals surface area contributed by atoms with Crippen LogP contribution in [0.25, 0.3) is 0 Å². The van der Waals surface area contributed by atoms with Gasteiger partial charge >= 0.3 is 6.18 Å². The van der Waals surface area contributed by atoms with Crippen molar-refractivity contribution in [1.82, 2.24) is 5.32 Å². The van der Waals surface area contributed by atoms with Crippen LogP contribution < -0.4 is 5.32 Å². The Morgan fingerprint density at radius 1 is 1.09 bits per heavy atom. The van der Waals surface area contributed by atoms with Gasteiger partial charge < -0.3 is 5.32 Å². The van der Waals surface area contributed by atoms with Crippen molar-refractivity contribution in [2.75, 3.05) is 0 Å². The molecule has 3 aliphatic carbocycles. The molecule has 1 N–H and O–H groups in total. The maximum absolute atomic E-state index is 14.2. The molecular formula is C27H42F3NO. The molecule has 4 aliphatic rings. The molecule has 2 nitrogen and oxygen atoms in total. The number of hydrogen-bond acceptors (Lipinski definition) is 1. The number of amides is 1. The highest BCUT2D eigenvalue weighted by atomic mass is 19.4. The molecule has 0 aromatic rings. The van der Waals surface area contributed by atoms with Gasteiger partial charge in [0, 0.05) is 17.5 Å². The van der Waals surface area contributed by atoms with Crippen molar-refractivity contribution < 1.29 is 18.0 Å². The van der Waals surface area contributed by atoms with Crippen LogP contribution in [0.1, 0.15) is 92.4 Å². The molecule has 182 valence electrons. The molecule has 0 bridgehead atoms. The Kier molecular flexibility index (Phi) is 6.29. The van der Waals surface area contributed by atoms with Crippen LogP contribution in [0.5, 0.6) is 0 Å². The fraction of sp³-hybridized carbons (Fsp3) is 0.889. The van der Waals surface area contributed by atoms with Gasteiger partial charge in [0.25, 0.3) is 0 Å². The van der Waals surface area contributed by atoms with Gasteiger partial charge in [0.05, 0.1) is 5.92 Å². The summed E-state index contributed by atoms with van der Waals surface area (Å²) in [5.74, 6) is 0.861. The van der Waals surface area contributed by atoms with Gasteiger partial charge in [0.15, 0.2) is 0 Å². The van der Waals surface area contributed by atoms with Gasteiger partial charge in [-0.05, 0) is 73.0 Å². The monoisotopic (exact) mass is 453 g/mol. The minimum atomic E-state index is -4.35. The number of allylic oxidation sites excluding steroid dienone is 2. The van der Waals surface area contributed by atoms with Gasteiger partial charge in [-0.1, -0.05) is 60.0 Å². The Morgan fingerprint density at radius 3 is 2.47 bits per heavy atom. The van der Waals surface area contributed by atoms with Gasteiger partial charge in [-0.15, -0.1) is 0 Å². The number of nitrogens with one attached hydrogen (secondary N) is 1. The van der Waals surface area contributed by atoms with Crippen LogP contribution in [-0.2, 0) is 4.79 Å². The number of piperidine rings is 1. The molecule has 1 amide bonds. The Hall–Kier alpha value is -1.00. The zero-order valence-electron chi connectivity index (χ0n) is 20.5. The third kappa shape index (κ3) is 3.83. The van der Waals surface area contributed by atoms with E-state index in [2.05, 4.69) is 33.0 Å². The average Bonchev–Trinajstić information content (AvgIpc) is 3.04. The summed E-state index contributed by atoms with van der Waals surface area (Å²) < 4.78 is 42.5. The van der Waals surface area contributed by atoms with Crippen molar-refractivity contribution in [3.8, 4) is 0 Å². The molecule has 0 spiro atoms. The fourth-order valence-electron chi connectivity index (χ4n) is 8.75. The highest BCUT2D eigenvalue weighted by Gasteiger charge is 2.65. The molecule has 0 aromatic heterocycles. The lowest BCUT2D eigenvalue weighted by molar-refractivity contribution is -0.224. The fourth-order valence-corrected chi connectivity index (χ4v) is 8.75. The molecule has 1 heterocycles. The van der Waals surface area contributed by atoms with Crippen LogP contribution in [0.15, 0.2) is 11.8 Å². The SMILES string of the molecule is CC(C)CCC[C@@H](C)[C@H]1CC[C@H]2[C@@H]3CC=C4NC(=O)CC(C(F)(F)F)[C@]4(C)[C@H]3CC[C@]12C. The number of alkyl halides is 3. The van der Waals surface area contributed by atoms with Crippen molar-refractivity contribution in [2.24, 2.45) is 52.3 Å². The lowest BCUT2D eigenvalue weighted by atomic mass is 9.46. The first kappa shape index (κ1) is 24.1. The first-order chi connectivity index (χ1) is 14.9. The summed E-state index contributed by atoms with van der Waals surface area (Å²) in [5.41, 5.74) is -0.208. The maximum Gasteiger partial charge on any atom is 0.393 e. The molecule has 1 saturated heterocycles. The van der Waals surface area contributed by atoms with Crippen LogP contribution in [0.2, 0.25) is 0 Å². The van der Waals surface area contributed by atoms with Crippen molar-refractivity contribution >= 4 is 5.91 Å². The van der Waals surface area contributed by atoms with Crippen LogP contribution in [0.3, 0.4) is 0 Å². The second-order valence-corrected chi connectivity index (χ2v) is 12.4. The molecule has 1 aliphatic heterocycles. The summed E-state index contributed by atoms with van der Waals surface area (Å²) in [6.45, 7) is 11.2. The van der Waals surface area contributed by atoms with E-state index in [1.54, 1.807) is 6.92 Å². The normalized spacial score (nSPS) is 42.6. The number of carbonyl (C=O) groups is 1. The van der Waals surface area contributed by atoms with Gasteiger partial charge in [-0.3, -0.25) is 4.79 Å². The van der Waals surface area contributed by atoms with Crippen molar-refractivity contribution in [3.63, 3.8) is 0 Å². The summed E-state index contributed by atoms with van der Waals surface area (Å²) in [4.78, 5) is 12.1. The lowest BCUT2D eigenvalue weighted by Crippen LogP contribution is -2.59. The van der Waals surface area contributed by atoms with Crippen molar-refractivity contribution in [3.05, 3.63) is 11.8 Å². The van der Waals surface area contributed by atoms with E-state index in [-0.39, 0.29) is 11.3 Å². The Bertz CT molecular complexity index is 758. The van der Waals surface area contributed by atoms with E-state index in [4.69, 9.17) is 0 Å².